The molecule has 0 aliphatic heterocycles. The zero-order chi connectivity index (χ0) is 9.84. The van der Waals surface area contributed by atoms with E-state index < -0.39 is 0 Å². The molecule has 0 bridgehead atoms. The Morgan fingerprint density at radius 1 is 0.923 bits per heavy atom. The van der Waals surface area contributed by atoms with Gasteiger partial charge in [0.2, 0.25) is 0 Å². The molecule has 0 N–H and O–H groups in total. The molecule has 0 amide bonds. The Hall–Kier alpha value is -0.780. The molecule has 0 aromatic heterocycles. The van der Waals surface area contributed by atoms with Gasteiger partial charge in [0.1, 0.15) is 0 Å². The van der Waals surface area contributed by atoms with Gasteiger partial charge in [-0.2, -0.15) is 0 Å². The zero-order valence-electron chi connectivity index (χ0n) is 9.17. The lowest BCUT2D eigenvalue weighted by Crippen LogP contribution is -1.92. The van der Waals surface area contributed by atoms with Crippen LogP contribution in [-0.4, -0.2) is 0 Å². The van der Waals surface area contributed by atoms with Crippen molar-refractivity contribution in [3.63, 3.8) is 0 Å². The molecule has 0 heterocycles. The van der Waals surface area contributed by atoms with Crippen LogP contribution in [0.5, 0.6) is 0 Å². The molecule has 1 atom stereocenters. The van der Waals surface area contributed by atoms with Crippen molar-refractivity contribution in [3.05, 3.63) is 35.4 Å². The highest BCUT2D eigenvalue weighted by Crippen LogP contribution is 2.21. The summed E-state index contributed by atoms with van der Waals surface area (Å²) in [5.74, 6) is 1.34. The molecule has 72 valence electrons. The highest BCUT2D eigenvalue weighted by molar-refractivity contribution is 5.26. The van der Waals surface area contributed by atoms with Gasteiger partial charge in [-0.3, -0.25) is 0 Å². The topological polar surface area (TPSA) is 0 Å². The maximum absolute atomic E-state index is 2.28. The van der Waals surface area contributed by atoms with Gasteiger partial charge in [-0.25, -0.2) is 0 Å². The lowest BCUT2D eigenvalue weighted by Gasteiger charge is -2.11. The zero-order valence-corrected chi connectivity index (χ0v) is 9.17. The van der Waals surface area contributed by atoms with Crippen molar-refractivity contribution in [1.82, 2.24) is 0 Å². The van der Waals surface area contributed by atoms with E-state index >= 15 is 0 Å². The summed E-state index contributed by atoms with van der Waals surface area (Å²) in [6.07, 6.45) is 1.22. The number of rotatable bonds is 3. The minimum Gasteiger partial charge on any atom is -0.0648 e. The summed E-state index contributed by atoms with van der Waals surface area (Å²) >= 11 is 0. The van der Waals surface area contributed by atoms with E-state index in [2.05, 4.69) is 52.0 Å². The van der Waals surface area contributed by atoms with Gasteiger partial charge in [0.15, 0.2) is 0 Å². The Kier molecular flexibility index (Phi) is 3.53. The van der Waals surface area contributed by atoms with Gasteiger partial charge in [0, 0.05) is 0 Å². The van der Waals surface area contributed by atoms with Gasteiger partial charge >= 0.3 is 0 Å². The summed E-state index contributed by atoms with van der Waals surface area (Å²) in [5.41, 5.74) is 2.90. The Bertz CT molecular complexity index is 243. The third-order valence-corrected chi connectivity index (χ3v) is 2.78. The van der Waals surface area contributed by atoms with Crippen molar-refractivity contribution in [2.45, 2.75) is 46.0 Å². The van der Waals surface area contributed by atoms with E-state index in [0.717, 1.165) is 0 Å². The van der Waals surface area contributed by atoms with Gasteiger partial charge < -0.3 is 0 Å². The van der Waals surface area contributed by atoms with E-state index in [1.54, 1.807) is 0 Å². The molecule has 0 saturated carbocycles. The van der Waals surface area contributed by atoms with Crippen LogP contribution in [0, 0.1) is 0 Å². The van der Waals surface area contributed by atoms with Gasteiger partial charge in [0.25, 0.3) is 0 Å². The first-order valence-corrected chi connectivity index (χ1v) is 5.25. The van der Waals surface area contributed by atoms with Gasteiger partial charge in [-0.05, 0) is 29.4 Å². The van der Waals surface area contributed by atoms with Gasteiger partial charge in [-0.15, -0.1) is 0 Å². The Balaban J connectivity index is 2.81. The van der Waals surface area contributed by atoms with Crippen molar-refractivity contribution in [2.75, 3.05) is 0 Å². The fraction of sp³-hybridized carbons (Fsp3) is 0.538. The minimum absolute atomic E-state index is 0.644. The van der Waals surface area contributed by atoms with Crippen LogP contribution in [-0.2, 0) is 0 Å². The Labute approximate surface area is 82.0 Å². The first kappa shape index (κ1) is 10.3. The molecule has 0 spiro atoms. The largest absolute Gasteiger partial charge is 0.0648 e. The van der Waals surface area contributed by atoms with Crippen molar-refractivity contribution < 1.29 is 0 Å². The van der Waals surface area contributed by atoms with Crippen LogP contribution >= 0.6 is 0 Å². The quantitative estimate of drug-likeness (QED) is 0.643. The van der Waals surface area contributed by atoms with E-state index in [4.69, 9.17) is 0 Å². The molecule has 0 fully saturated rings. The third kappa shape index (κ3) is 2.58. The summed E-state index contributed by atoms with van der Waals surface area (Å²) in [4.78, 5) is 0. The first-order valence-electron chi connectivity index (χ1n) is 5.25. The van der Waals surface area contributed by atoms with Crippen LogP contribution < -0.4 is 0 Å². The third-order valence-electron chi connectivity index (χ3n) is 2.78. The summed E-state index contributed by atoms with van der Waals surface area (Å²) in [6.45, 7) is 8.99. The normalized spacial score (nSPS) is 13.3. The van der Waals surface area contributed by atoms with E-state index in [1.165, 1.54) is 17.5 Å². The maximum atomic E-state index is 2.28. The highest BCUT2D eigenvalue weighted by atomic mass is 14.1. The standard InChI is InChI=1S/C13H20/c1-5-11(4)13-8-6-12(7-9-13)10(2)3/h6-11H,5H2,1-4H3. The van der Waals surface area contributed by atoms with Crippen molar-refractivity contribution in [3.8, 4) is 0 Å². The molecule has 0 nitrogen and oxygen atoms in total. The SMILES string of the molecule is CCC(C)c1ccc(C(C)C)cc1. The molecular formula is C13H20. The van der Waals surface area contributed by atoms with Crippen LogP contribution in [0.4, 0.5) is 0 Å². The van der Waals surface area contributed by atoms with Gasteiger partial charge in [0.05, 0.1) is 0 Å². The molecule has 1 unspecified atom stereocenters. The molecule has 0 aliphatic rings. The highest BCUT2D eigenvalue weighted by Gasteiger charge is 2.03. The maximum Gasteiger partial charge on any atom is -0.0193 e. The van der Waals surface area contributed by atoms with E-state index in [9.17, 15) is 0 Å². The molecule has 0 radical (unpaired) electrons. The molecule has 0 heteroatoms. The summed E-state index contributed by atoms with van der Waals surface area (Å²) in [7, 11) is 0. The molecule has 1 aromatic carbocycles. The van der Waals surface area contributed by atoms with Crippen LogP contribution in [0.2, 0.25) is 0 Å². The Morgan fingerprint density at radius 2 is 1.38 bits per heavy atom. The van der Waals surface area contributed by atoms with E-state index in [1.807, 2.05) is 0 Å². The van der Waals surface area contributed by atoms with Crippen molar-refractivity contribution >= 4 is 0 Å². The predicted octanol–water partition coefficient (Wildman–Crippen LogP) is 4.32. The molecule has 0 saturated heterocycles. The Morgan fingerprint density at radius 3 is 1.77 bits per heavy atom. The second-order valence-corrected chi connectivity index (χ2v) is 4.13. The summed E-state index contributed by atoms with van der Waals surface area (Å²) in [6, 6.07) is 9.05. The predicted molar refractivity (Wildman–Crippen MR) is 59.2 cm³/mol. The molecule has 0 aliphatic carbocycles. The van der Waals surface area contributed by atoms with Crippen molar-refractivity contribution in [1.29, 1.82) is 0 Å². The monoisotopic (exact) mass is 176 g/mol. The average Bonchev–Trinajstić information content (AvgIpc) is 2.17. The first-order chi connectivity index (χ1) is 6.15. The fourth-order valence-corrected chi connectivity index (χ4v) is 1.45. The summed E-state index contributed by atoms with van der Waals surface area (Å²) in [5, 5.41) is 0. The lowest BCUT2D eigenvalue weighted by molar-refractivity contribution is 0.732. The lowest BCUT2D eigenvalue weighted by atomic mass is 9.95. The number of hydrogen-bond acceptors (Lipinski definition) is 0. The second-order valence-electron chi connectivity index (χ2n) is 4.13. The smallest absolute Gasteiger partial charge is 0.0193 e. The molecule has 1 rings (SSSR count). The summed E-state index contributed by atoms with van der Waals surface area (Å²) < 4.78 is 0. The number of benzene rings is 1. The molecule has 1 aromatic rings. The second kappa shape index (κ2) is 4.45. The fourth-order valence-electron chi connectivity index (χ4n) is 1.45. The molecule has 13 heavy (non-hydrogen) atoms. The van der Waals surface area contributed by atoms with Crippen LogP contribution in [0.1, 0.15) is 57.1 Å². The van der Waals surface area contributed by atoms with Crippen LogP contribution in [0.3, 0.4) is 0 Å². The van der Waals surface area contributed by atoms with E-state index in [-0.39, 0.29) is 0 Å². The van der Waals surface area contributed by atoms with Gasteiger partial charge in [-0.1, -0.05) is 52.0 Å². The minimum atomic E-state index is 0.644. The van der Waals surface area contributed by atoms with Crippen LogP contribution in [0.15, 0.2) is 24.3 Å². The van der Waals surface area contributed by atoms with Crippen molar-refractivity contribution in [2.24, 2.45) is 0 Å². The van der Waals surface area contributed by atoms with Crippen LogP contribution in [0.25, 0.3) is 0 Å². The number of hydrogen-bond donors (Lipinski definition) is 0. The van der Waals surface area contributed by atoms with E-state index in [0.29, 0.717) is 11.8 Å². The average molecular weight is 176 g/mol. The molecular weight excluding hydrogens is 156 g/mol.